The highest BCUT2D eigenvalue weighted by Gasteiger charge is 2.14. The van der Waals surface area contributed by atoms with Gasteiger partial charge >= 0.3 is 0 Å². The van der Waals surface area contributed by atoms with Crippen molar-refractivity contribution in [3.8, 4) is 5.75 Å². The lowest BCUT2D eigenvalue weighted by atomic mass is 10.1. The summed E-state index contributed by atoms with van der Waals surface area (Å²) in [6.07, 6.45) is 2.03. The normalized spacial score (nSPS) is 10.6. The molecule has 3 rings (SSSR count). The molecule has 0 bridgehead atoms. The van der Waals surface area contributed by atoms with Gasteiger partial charge in [-0.1, -0.05) is 11.6 Å². The zero-order valence-electron chi connectivity index (χ0n) is 11.5. The molecule has 1 heterocycles. The van der Waals surface area contributed by atoms with Crippen molar-refractivity contribution in [1.82, 2.24) is 0 Å². The molecule has 21 heavy (non-hydrogen) atoms. The van der Waals surface area contributed by atoms with Gasteiger partial charge in [0.05, 0.1) is 17.9 Å². The highest BCUT2D eigenvalue weighted by molar-refractivity contribution is 6.31. The van der Waals surface area contributed by atoms with Crippen LogP contribution in [0.15, 0.2) is 42.6 Å². The number of aliphatic hydroxyl groups excluding tert-OH is 1. The van der Waals surface area contributed by atoms with Gasteiger partial charge in [0.15, 0.2) is 12.7 Å². The molecule has 110 valence electrons. The average Bonchev–Trinajstić information content (AvgIpc) is 2.46. The number of pyridine rings is 1. The number of hydrogen-bond donors (Lipinski definition) is 1. The fraction of sp³-hybridized carbons (Fsp3) is 0.188. The monoisotopic (exact) mass is 367 g/mol. The Labute approximate surface area is 138 Å². The molecule has 2 aromatic carbocycles. The van der Waals surface area contributed by atoms with E-state index in [1.165, 1.54) is 0 Å². The van der Waals surface area contributed by atoms with Gasteiger partial charge in [-0.05, 0) is 30.3 Å². The summed E-state index contributed by atoms with van der Waals surface area (Å²) in [4.78, 5) is 0. The Balaban J connectivity index is 0.00000161. The van der Waals surface area contributed by atoms with E-state index in [4.69, 9.17) is 16.3 Å². The van der Waals surface area contributed by atoms with Crippen LogP contribution in [0.1, 0.15) is 0 Å². The molecular weight excluding hydrogens is 354 g/mol. The van der Waals surface area contributed by atoms with E-state index in [2.05, 4.69) is 0 Å². The molecule has 0 spiro atoms. The van der Waals surface area contributed by atoms with Crippen LogP contribution in [0.2, 0.25) is 5.02 Å². The van der Waals surface area contributed by atoms with E-state index in [-0.39, 0.29) is 23.6 Å². The van der Waals surface area contributed by atoms with Crippen LogP contribution >= 0.6 is 11.6 Å². The molecule has 0 atom stereocenters. The maximum atomic E-state index is 9.24. The number of benzene rings is 2. The van der Waals surface area contributed by atoms with Gasteiger partial charge < -0.3 is 26.8 Å². The van der Waals surface area contributed by atoms with Crippen LogP contribution in [-0.4, -0.2) is 18.8 Å². The molecule has 5 heteroatoms. The maximum absolute atomic E-state index is 9.24. The first-order chi connectivity index (χ1) is 9.72. The van der Waals surface area contributed by atoms with Crippen molar-refractivity contribution in [2.75, 3.05) is 13.7 Å². The number of nitrogens with zero attached hydrogens (tertiary/aromatic N) is 1. The van der Waals surface area contributed by atoms with Crippen molar-refractivity contribution in [3.05, 3.63) is 47.6 Å². The summed E-state index contributed by atoms with van der Waals surface area (Å²) in [6, 6.07) is 11.8. The van der Waals surface area contributed by atoms with Crippen LogP contribution in [-0.2, 0) is 6.54 Å². The molecule has 0 aliphatic rings. The molecular formula is C16H15BrClNO2. The zero-order valence-corrected chi connectivity index (χ0v) is 13.9. The van der Waals surface area contributed by atoms with Gasteiger partial charge in [0.25, 0.3) is 0 Å². The topological polar surface area (TPSA) is 33.3 Å². The Hall–Kier alpha value is -1.36. The summed E-state index contributed by atoms with van der Waals surface area (Å²) in [7, 11) is 1.65. The second kappa shape index (κ2) is 6.60. The lowest BCUT2D eigenvalue weighted by Crippen LogP contribution is -3.00. The van der Waals surface area contributed by atoms with Crippen LogP contribution < -0.4 is 26.3 Å². The summed E-state index contributed by atoms with van der Waals surface area (Å²) in [5.41, 5.74) is 1.06. The van der Waals surface area contributed by atoms with Gasteiger partial charge in [0.1, 0.15) is 12.4 Å². The van der Waals surface area contributed by atoms with E-state index in [9.17, 15) is 5.11 Å². The van der Waals surface area contributed by atoms with Crippen molar-refractivity contribution in [2.24, 2.45) is 0 Å². The van der Waals surface area contributed by atoms with E-state index < -0.39 is 0 Å². The third-order valence-electron chi connectivity index (χ3n) is 3.45. The minimum absolute atomic E-state index is 0. The smallest absolute Gasteiger partial charge is 0.213 e. The first-order valence-electron chi connectivity index (χ1n) is 6.43. The number of aliphatic hydroxyl groups is 1. The summed E-state index contributed by atoms with van der Waals surface area (Å²) in [5, 5.41) is 13.2. The Morgan fingerprint density at radius 1 is 1.14 bits per heavy atom. The first kappa shape index (κ1) is 16.0. The largest absolute Gasteiger partial charge is 1.00 e. The summed E-state index contributed by atoms with van der Waals surface area (Å²) >= 11 is 6.12. The highest BCUT2D eigenvalue weighted by Crippen LogP contribution is 2.28. The maximum Gasteiger partial charge on any atom is 0.213 e. The summed E-state index contributed by atoms with van der Waals surface area (Å²) < 4.78 is 7.31. The average molecular weight is 369 g/mol. The van der Waals surface area contributed by atoms with Crippen molar-refractivity contribution in [1.29, 1.82) is 0 Å². The summed E-state index contributed by atoms with van der Waals surface area (Å²) in [5.74, 6) is 0.814. The minimum atomic E-state index is 0. The molecule has 1 aromatic heterocycles. The van der Waals surface area contributed by atoms with Crippen LogP contribution in [0.4, 0.5) is 0 Å². The molecule has 0 aliphatic heterocycles. The van der Waals surface area contributed by atoms with E-state index >= 15 is 0 Å². The van der Waals surface area contributed by atoms with Crippen LogP contribution in [0.3, 0.4) is 0 Å². The fourth-order valence-electron chi connectivity index (χ4n) is 2.52. The van der Waals surface area contributed by atoms with Gasteiger partial charge in [-0.25, -0.2) is 0 Å². The lowest BCUT2D eigenvalue weighted by molar-refractivity contribution is -0.671. The Kier molecular flexibility index (Phi) is 5.04. The predicted molar refractivity (Wildman–Crippen MR) is 80.3 cm³/mol. The third-order valence-corrected chi connectivity index (χ3v) is 3.69. The van der Waals surface area contributed by atoms with E-state index in [1.54, 1.807) is 7.11 Å². The van der Waals surface area contributed by atoms with E-state index in [0.29, 0.717) is 11.6 Å². The van der Waals surface area contributed by atoms with Gasteiger partial charge in [0.2, 0.25) is 5.52 Å². The zero-order chi connectivity index (χ0) is 14.1. The van der Waals surface area contributed by atoms with Crippen LogP contribution in [0.25, 0.3) is 21.7 Å². The molecule has 0 saturated heterocycles. The molecule has 0 unspecified atom stereocenters. The quantitative estimate of drug-likeness (QED) is 0.519. The second-order valence-electron chi connectivity index (χ2n) is 4.66. The number of hydrogen-bond acceptors (Lipinski definition) is 2. The second-order valence-corrected chi connectivity index (χ2v) is 5.10. The van der Waals surface area contributed by atoms with E-state index in [0.717, 1.165) is 27.4 Å². The number of rotatable bonds is 3. The van der Waals surface area contributed by atoms with Crippen LogP contribution in [0, 0.1) is 0 Å². The third kappa shape index (κ3) is 2.98. The highest BCUT2D eigenvalue weighted by atomic mass is 79.9. The number of methoxy groups -OCH3 is 1. The van der Waals surface area contributed by atoms with Crippen molar-refractivity contribution >= 4 is 33.3 Å². The number of halogens is 2. The van der Waals surface area contributed by atoms with Gasteiger partial charge in [0, 0.05) is 16.5 Å². The minimum Gasteiger partial charge on any atom is -1.00 e. The van der Waals surface area contributed by atoms with Crippen molar-refractivity contribution in [3.63, 3.8) is 0 Å². The van der Waals surface area contributed by atoms with Gasteiger partial charge in [-0.3, -0.25) is 0 Å². The number of fused-ring (bicyclic) bond motifs is 3. The molecule has 0 fully saturated rings. The SMILES string of the molecule is COc1ccc2c(c1)c[n+](CCO)c1ccc(Cl)cc21.[Br-]. The Bertz CT molecular complexity index is 792. The van der Waals surface area contributed by atoms with Crippen LogP contribution in [0.5, 0.6) is 5.75 Å². The molecule has 3 nitrogen and oxygen atoms in total. The van der Waals surface area contributed by atoms with Gasteiger partial charge in [-0.2, -0.15) is 4.57 Å². The molecule has 0 aliphatic carbocycles. The van der Waals surface area contributed by atoms with Crippen molar-refractivity contribution < 1.29 is 31.4 Å². The molecule has 1 N–H and O–H groups in total. The molecule has 0 saturated carbocycles. The Morgan fingerprint density at radius 2 is 1.95 bits per heavy atom. The molecule has 0 radical (unpaired) electrons. The first-order valence-corrected chi connectivity index (χ1v) is 6.81. The molecule has 3 aromatic rings. The lowest BCUT2D eigenvalue weighted by Gasteiger charge is -2.07. The fourth-order valence-corrected chi connectivity index (χ4v) is 2.70. The number of aromatic nitrogens is 1. The molecule has 0 amide bonds. The predicted octanol–water partition coefficient (Wildman–Crippen LogP) is -0.0612. The van der Waals surface area contributed by atoms with Gasteiger partial charge in [-0.15, -0.1) is 0 Å². The van der Waals surface area contributed by atoms with E-state index in [1.807, 2.05) is 47.2 Å². The summed E-state index contributed by atoms with van der Waals surface area (Å²) in [6.45, 7) is 0.642. The standard InChI is InChI=1S/C16H15ClNO2.BrH/c1-20-13-3-4-14-11(8-13)10-18(6-7-19)16-5-2-12(17)9-15(14)16;/h2-5,8-10,19H,6-7H2,1H3;1H/q+1;/p-1. The van der Waals surface area contributed by atoms with Crippen molar-refractivity contribution in [2.45, 2.75) is 6.54 Å². The number of ether oxygens (including phenoxy) is 1. The Morgan fingerprint density at radius 3 is 2.67 bits per heavy atom.